The molecule has 2 N–H and O–H groups in total. The highest BCUT2D eigenvalue weighted by molar-refractivity contribution is 6.45. The van der Waals surface area contributed by atoms with Gasteiger partial charge in [0.1, 0.15) is 12.4 Å². The Balaban J connectivity index is 1.32. The van der Waals surface area contributed by atoms with Gasteiger partial charge in [-0.3, -0.25) is 14.5 Å². The van der Waals surface area contributed by atoms with Crippen LogP contribution in [0.5, 0.6) is 5.75 Å². The number of hydrogen-bond donors (Lipinski definition) is 2. The lowest BCUT2D eigenvalue weighted by Gasteiger charge is -2.26. The number of benzene rings is 2. The van der Waals surface area contributed by atoms with E-state index in [4.69, 9.17) is 9.47 Å². The van der Waals surface area contributed by atoms with Gasteiger partial charge >= 0.3 is 0 Å². The average Bonchev–Trinajstić information content (AvgIpc) is 3.13. The third-order valence-electron chi connectivity index (χ3n) is 5.46. The number of para-hydroxylation sites is 1. The van der Waals surface area contributed by atoms with Crippen molar-refractivity contribution in [1.29, 1.82) is 0 Å². The number of rotatable bonds is 8. The number of carbonyl (C=O) groups excluding carboxylic acids is 2. The summed E-state index contributed by atoms with van der Waals surface area (Å²) in [6, 6.07) is 15.1. The third kappa shape index (κ3) is 5.13. The van der Waals surface area contributed by atoms with Gasteiger partial charge in [-0.2, -0.15) is 0 Å². The van der Waals surface area contributed by atoms with Crippen molar-refractivity contribution in [2.45, 2.75) is 13.5 Å². The van der Waals surface area contributed by atoms with Gasteiger partial charge in [0.05, 0.1) is 18.8 Å². The number of morpholine rings is 1. The van der Waals surface area contributed by atoms with Crippen molar-refractivity contribution in [1.82, 2.24) is 15.2 Å². The minimum Gasteiger partial charge on any atom is -0.492 e. The summed E-state index contributed by atoms with van der Waals surface area (Å²) in [5, 5.41) is 3.49. The van der Waals surface area contributed by atoms with E-state index in [1.54, 1.807) is 6.92 Å². The van der Waals surface area contributed by atoms with Gasteiger partial charge < -0.3 is 19.8 Å². The molecule has 7 nitrogen and oxygen atoms in total. The van der Waals surface area contributed by atoms with Gasteiger partial charge in [-0.15, -0.1) is 0 Å². The van der Waals surface area contributed by atoms with E-state index in [2.05, 4.69) is 15.2 Å². The van der Waals surface area contributed by atoms with E-state index in [1.165, 1.54) is 0 Å². The molecule has 3 aromatic rings. The summed E-state index contributed by atoms with van der Waals surface area (Å²) in [5.41, 5.74) is 2.84. The predicted molar refractivity (Wildman–Crippen MR) is 118 cm³/mol. The number of Topliss-reactive ketones (excluding diaryl/α,β-unsaturated/α-hetero) is 1. The predicted octanol–water partition coefficient (Wildman–Crippen LogP) is 2.69. The number of aromatic nitrogens is 1. The second-order valence-electron chi connectivity index (χ2n) is 7.63. The van der Waals surface area contributed by atoms with Crippen LogP contribution in [0.3, 0.4) is 0 Å². The largest absolute Gasteiger partial charge is 0.492 e. The number of fused-ring (bicyclic) bond motifs is 1. The minimum atomic E-state index is -0.619. The Hall–Kier alpha value is -3.16. The van der Waals surface area contributed by atoms with Gasteiger partial charge in [-0.1, -0.05) is 30.3 Å². The van der Waals surface area contributed by atoms with Crippen molar-refractivity contribution in [2.24, 2.45) is 0 Å². The molecule has 1 saturated heterocycles. The first kappa shape index (κ1) is 21.1. The summed E-state index contributed by atoms with van der Waals surface area (Å²) >= 11 is 0. The second kappa shape index (κ2) is 9.76. The number of aryl methyl sites for hydroxylation is 1. The second-order valence-corrected chi connectivity index (χ2v) is 7.63. The van der Waals surface area contributed by atoms with E-state index in [0.717, 1.165) is 55.1 Å². The van der Waals surface area contributed by atoms with Crippen molar-refractivity contribution >= 4 is 22.6 Å². The molecule has 1 aliphatic rings. The SMILES string of the molecule is Cc1[nH]c2ccccc2c1C(=O)C(=O)NCc1cccc(OCCN2CCOCC2)c1. The molecule has 1 fully saturated rings. The maximum Gasteiger partial charge on any atom is 0.292 e. The first-order valence-corrected chi connectivity index (χ1v) is 10.5. The first-order valence-electron chi connectivity index (χ1n) is 10.5. The molecule has 0 saturated carbocycles. The number of amides is 1. The highest BCUT2D eigenvalue weighted by Crippen LogP contribution is 2.22. The van der Waals surface area contributed by atoms with Crippen LogP contribution in [0.15, 0.2) is 48.5 Å². The number of carbonyl (C=O) groups is 2. The lowest BCUT2D eigenvalue weighted by atomic mass is 10.1. The van der Waals surface area contributed by atoms with Gasteiger partial charge in [-0.05, 0) is 30.7 Å². The van der Waals surface area contributed by atoms with Crippen molar-refractivity contribution in [2.75, 3.05) is 39.5 Å². The van der Waals surface area contributed by atoms with Crippen LogP contribution in [0.2, 0.25) is 0 Å². The molecule has 1 amide bonds. The molecule has 1 aromatic heterocycles. The summed E-state index contributed by atoms with van der Waals surface area (Å²) in [6.45, 7) is 6.90. The van der Waals surface area contributed by atoms with Crippen LogP contribution in [0.4, 0.5) is 0 Å². The van der Waals surface area contributed by atoms with Crippen molar-refractivity contribution in [3.8, 4) is 5.75 Å². The molecule has 2 aromatic carbocycles. The van der Waals surface area contributed by atoms with Crippen molar-refractivity contribution < 1.29 is 19.1 Å². The Labute approximate surface area is 181 Å². The summed E-state index contributed by atoms with van der Waals surface area (Å²) in [7, 11) is 0. The molecule has 2 heterocycles. The highest BCUT2D eigenvalue weighted by Gasteiger charge is 2.22. The van der Waals surface area contributed by atoms with E-state index in [0.29, 0.717) is 17.9 Å². The lowest BCUT2D eigenvalue weighted by molar-refractivity contribution is -0.117. The van der Waals surface area contributed by atoms with Crippen LogP contribution in [-0.2, 0) is 16.1 Å². The zero-order valence-electron chi connectivity index (χ0n) is 17.6. The lowest BCUT2D eigenvalue weighted by Crippen LogP contribution is -2.38. The van der Waals surface area contributed by atoms with Gasteiger partial charge in [0.15, 0.2) is 0 Å². The van der Waals surface area contributed by atoms with E-state index >= 15 is 0 Å². The number of H-pyrrole nitrogens is 1. The summed E-state index contributed by atoms with van der Waals surface area (Å²) < 4.78 is 11.2. The quantitative estimate of drug-likeness (QED) is 0.432. The molecular formula is C24H27N3O4. The number of nitrogens with zero attached hydrogens (tertiary/aromatic N) is 1. The maximum atomic E-state index is 12.8. The van der Waals surface area contributed by atoms with E-state index < -0.39 is 11.7 Å². The topological polar surface area (TPSA) is 83.7 Å². The molecule has 1 aliphatic heterocycles. The molecule has 0 radical (unpaired) electrons. The number of hydrogen-bond acceptors (Lipinski definition) is 5. The number of aromatic amines is 1. The van der Waals surface area contributed by atoms with Crippen LogP contribution in [0, 0.1) is 6.92 Å². The van der Waals surface area contributed by atoms with Crippen LogP contribution in [-0.4, -0.2) is 61.0 Å². The molecule has 31 heavy (non-hydrogen) atoms. The zero-order chi connectivity index (χ0) is 21.6. The summed E-state index contributed by atoms with van der Waals surface area (Å²) in [4.78, 5) is 30.7. The average molecular weight is 421 g/mol. The van der Waals surface area contributed by atoms with Gasteiger partial charge in [0.25, 0.3) is 11.7 Å². The zero-order valence-corrected chi connectivity index (χ0v) is 17.6. The molecule has 0 unspecified atom stereocenters. The van der Waals surface area contributed by atoms with Gasteiger partial charge in [0, 0.05) is 42.8 Å². The highest BCUT2D eigenvalue weighted by atomic mass is 16.5. The number of ether oxygens (including phenoxy) is 2. The molecule has 162 valence electrons. The molecule has 0 bridgehead atoms. The Bertz CT molecular complexity index is 1070. The smallest absolute Gasteiger partial charge is 0.292 e. The van der Waals surface area contributed by atoms with Crippen LogP contribution < -0.4 is 10.1 Å². The van der Waals surface area contributed by atoms with E-state index in [1.807, 2.05) is 48.5 Å². The first-order chi connectivity index (χ1) is 15.1. The van der Waals surface area contributed by atoms with Crippen LogP contribution in [0.25, 0.3) is 10.9 Å². The Morgan fingerprint density at radius 2 is 1.94 bits per heavy atom. The van der Waals surface area contributed by atoms with Crippen molar-refractivity contribution in [3.05, 3.63) is 65.4 Å². The molecular weight excluding hydrogens is 394 g/mol. The van der Waals surface area contributed by atoms with Crippen LogP contribution in [0.1, 0.15) is 21.6 Å². The number of nitrogens with one attached hydrogen (secondary N) is 2. The van der Waals surface area contributed by atoms with E-state index in [-0.39, 0.29) is 6.54 Å². The molecule has 4 rings (SSSR count). The van der Waals surface area contributed by atoms with Crippen molar-refractivity contribution in [3.63, 3.8) is 0 Å². The summed E-state index contributed by atoms with van der Waals surface area (Å²) in [6.07, 6.45) is 0. The minimum absolute atomic E-state index is 0.257. The standard InChI is InChI=1S/C24H27N3O4/c1-17-22(20-7-2-3-8-21(20)26-17)23(28)24(29)25-16-18-5-4-6-19(15-18)31-14-11-27-9-12-30-13-10-27/h2-8,15,26H,9-14,16H2,1H3,(H,25,29). The third-order valence-corrected chi connectivity index (χ3v) is 5.46. The monoisotopic (exact) mass is 421 g/mol. The summed E-state index contributed by atoms with van der Waals surface area (Å²) in [5.74, 6) is -0.404. The van der Waals surface area contributed by atoms with E-state index in [9.17, 15) is 9.59 Å². The van der Waals surface area contributed by atoms with Crippen LogP contribution >= 0.6 is 0 Å². The Morgan fingerprint density at radius 3 is 2.77 bits per heavy atom. The number of ketones is 1. The molecule has 0 atom stereocenters. The molecule has 7 heteroatoms. The Morgan fingerprint density at radius 1 is 1.13 bits per heavy atom. The fraction of sp³-hybridized carbons (Fsp3) is 0.333. The normalized spacial score (nSPS) is 14.5. The maximum absolute atomic E-state index is 12.8. The van der Waals surface area contributed by atoms with Gasteiger partial charge in [-0.25, -0.2) is 0 Å². The molecule has 0 spiro atoms. The fourth-order valence-electron chi connectivity index (χ4n) is 3.81. The molecule has 0 aliphatic carbocycles. The van der Waals surface area contributed by atoms with Gasteiger partial charge in [0.2, 0.25) is 0 Å². The fourth-order valence-corrected chi connectivity index (χ4v) is 3.81. The Kier molecular flexibility index (Phi) is 6.64.